The van der Waals surface area contributed by atoms with Gasteiger partial charge in [0.05, 0.1) is 40.3 Å². The Labute approximate surface area is 447 Å². The highest BCUT2D eigenvalue weighted by molar-refractivity contribution is 5.70. The van der Waals surface area contributed by atoms with Crippen LogP contribution in [0.15, 0.2) is 122 Å². The molecule has 9 nitrogen and oxygen atoms in total. The molecular weight excluding hydrogens is 911 g/mol. The molecule has 73 heavy (non-hydrogen) atoms. The van der Waals surface area contributed by atoms with Gasteiger partial charge in [0.1, 0.15) is 13.2 Å². The summed E-state index contributed by atoms with van der Waals surface area (Å²) in [5.41, 5.74) is 0. The van der Waals surface area contributed by atoms with Gasteiger partial charge in [0.15, 0.2) is 12.4 Å². The third-order valence-corrected chi connectivity index (χ3v) is 11.7. The third-order valence-electron chi connectivity index (χ3n) is 11.7. The summed E-state index contributed by atoms with van der Waals surface area (Å²) in [7, 11) is 5.90. The summed E-state index contributed by atoms with van der Waals surface area (Å²) in [6.07, 6.45) is 72.5. The van der Waals surface area contributed by atoms with Gasteiger partial charge in [-0.3, -0.25) is 9.59 Å². The van der Waals surface area contributed by atoms with Gasteiger partial charge in [0.25, 0.3) is 0 Å². The molecule has 0 aliphatic carbocycles. The molecule has 0 fully saturated rings. The molecule has 0 aromatic carbocycles. The zero-order valence-electron chi connectivity index (χ0n) is 47.0. The van der Waals surface area contributed by atoms with Crippen molar-refractivity contribution in [3.8, 4) is 0 Å². The van der Waals surface area contributed by atoms with Gasteiger partial charge < -0.3 is 33.3 Å². The van der Waals surface area contributed by atoms with Crippen LogP contribution in [0.3, 0.4) is 0 Å². The fraction of sp³-hybridized carbons (Fsp3) is 0.641. The average molecular weight is 1020 g/mol. The maximum absolute atomic E-state index is 12.8. The van der Waals surface area contributed by atoms with Crippen molar-refractivity contribution >= 4 is 17.9 Å². The first kappa shape index (κ1) is 68.7. The number of nitrogens with zero attached hydrogens (tertiary/aromatic N) is 1. The van der Waals surface area contributed by atoms with Crippen molar-refractivity contribution in [2.24, 2.45) is 0 Å². The van der Waals surface area contributed by atoms with Gasteiger partial charge in [0.2, 0.25) is 0 Å². The van der Waals surface area contributed by atoms with E-state index in [0.29, 0.717) is 17.4 Å². The Morgan fingerprint density at radius 3 is 1.16 bits per heavy atom. The molecule has 0 saturated carbocycles. The van der Waals surface area contributed by atoms with Gasteiger partial charge >= 0.3 is 11.9 Å². The number of allylic oxidation sites excluding steroid dienone is 20. The molecular formula is C64H105NO8. The Balaban J connectivity index is 4.29. The van der Waals surface area contributed by atoms with Crippen molar-refractivity contribution in [2.45, 2.75) is 219 Å². The topological polar surface area (TPSA) is 111 Å². The molecule has 0 heterocycles. The van der Waals surface area contributed by atoms with Crippen LogP contribution in [0, 0.1) is 0 Å². The fourth-order valence-corrected chi connectivity index (χ4v) is 7.33. The van der Waals surface area contributed by atoms with Crippen LogP contribution in [0.4, 0.5) is 0 Å². The molecule has 0 saturated heterocycles. The Hall–Kier alpha value is -4.31. The van der Waals surface area contributed by atoms with Crippen molar-refractivity contribution in [1.29, 1.82) is 0 Å². The lowest BCUT2D eigenvalue weighted by Gasteiger charge is -2.26. The van der Waals surface area contributed by atoms with Crippen molar-refractivity contribution in [3.05, 3.63) is 122 Å². The maximum Gasteiger partial charge on any atom is 0.306 e. The summed E-state index contributed by atoms with van der Waals surface area (Å²) in [6.45, 7) is 4.58. The van der Waals surface area contributed by atoms with Gasteiger partial charge in [-0.1, -0.05) is 225 Å². The lowest BCUT2D eigenvalue weighted by Crippen LogP contribution is -2.44. The van der Waals surface area contributed by atoms with Gasteiger partial charge in [-0.25, -0.2) is 0 Å². The summed E-state index contributed by atoms with van der Waals surface area (Å²) in [5, 5.41) is 11.7. The van der Waals surface area contributed by atoms with Crippen molar-refractivity contribution in [3.63, 3.8) is 0 Å². The molecule has 0 N–H and O–H groups in total. The molecule has 414 valence electrons. The van der Waals surface area contributed by atoms with Crippen LogP contribution in [-0.4, -0.2) is 82.3 Å². The second-order valence-corrected chi connectivity index (χ2v) is 19.9. The number of aliphatic carboxylic acids is 1. The molecule has 0 rings (SSSR count). The summed E-state index contributed by atoms with van der Waals surface area (Å²) >= 11 is 0. The normalized spacial score (nSPS) is 13.7. The highest BCUT2D eigenvalue weighted by Crippen LogP contribution is 2.14. The number of carboxylic acids is 1. The predicted molar refractivity (Wildman–Crippen MR) is 306 cm³/mol. The quantitative estimate of drug-likeness (QED) is 0.0195. The molecule has 0 aromatic heterocycles. The highest BCUT2D eigenvalue weighted by Gasteiger charge is 2.22. The molecule has 9 heteroatoms. The first-order valence-electron chi connectivity index (χ1n) is 28.7. The van der Waals surface area contributed by atoms with Crippen LogP contribution in [0.2, 0.25) is 0 Å². The van der Waals surface area contributed by atoms with Crippen molar-refractivity contribution < 1.29 is 42.9 Å². The molecule has 2 unspecified atom stereocenters. The van der Waals surface area contributed by atoms with E-state index in [0.717, 1.165) is 109 Å². The fourth-order valence-electron chi connectivity index (χ4n) is 7.33. The minimum atomic E-state index is -1.63. The number of carboxylic acid groups (broad SMARTS) is 1. The zero-order valence-corrected chi connectivity index (χ0v) is 47.0. The first-order valence-corrected chi connectivity index (χ1v) is 28.7. The van der Waals surface area contributed by atoms with Gasteiger partial charge in [0, 0.05) is 12.8 Å². The number of likely N-dealkylation sites (N-methyl/N-ethyl adjacent to an activating group) is 1. The van der Waals surface area contributed by atoms with E-state index in [1.165, 1.54) is 64.2 Å². The number of quaternary nitrogens is 1. The second-order valence-electron chi connectivity index (χ2n) is 19.9. The summed E-state index contributed by atoms with van der Waals surface area (Å²) < 4.78 is 22.6. The Bertz CT molecular complexity index is 1610. The van der Waals surface area contributed by atoms with E-state index in [9.17, 15) is 19.5 Å². The van der Waals surface area contributed by atoms with Crippen LogP contribution >= 0.6 is 0 Å². The number of hydrogen-bond acceptors (Lipinski definition) is 8. The van der Waals surface area contributed by atoms with E-state index >= 15 is 0 Å². The lowest BCUT2D eigenvalue weighted by atomic mass is 10.0. The van der Waals surface area contributed by atoms with Crippen LogP contribution in [0.25, 0.3) is 0 Å². The number of rotatable bonds is 51. The van der Waals surface area contributed by atoms with Gasteiger partial charge in [-0.15, -0.1) is 0 Å². The molecule has 0 aromatic rings. The average Bonchev–Trinajstić information content (AvgIpc) is 3.36. The standard InChI is InChI=1S/C64H105NO8/c1-6-8-10-12-14-16-18-20-21-22-23-24-25-26-27-28-29-30-31-32-33-34-35-36-37-38-39-40-41-43-45-47-49-51-53-55-62(67)73-60(59-72-64(63(68)69)70-57-56-65(3,4)5)58-71-61(66)54-52-50-48-46-44-42-19-17-15-13-11-9-7-2/h8,10,14,16,20-21,23-24,26-27,29-30,32-33,35-36,38-39,41,43,60,64H,6-7,9,11-13,15,17-19,22,25,28,31,34,37,40,42,44-59H2,1-5H3/b10-8-,16-14-,21-20-,24-23-,27-26-,30-29-,33-32-,36-35-,39-38-,43-41-. The molecule has 0 amide bonds. The number of ether oxygens (including phenoxy) is 4. The monoisotopic (exact) mass is 1020 g/mol. The minimum absolute atomic E-state index is 0.137. The van der Waals surface area contributed by atoms with E-state index in [1.54, 1.807) is 0 Å². The van der Waals surface area contributed by atoms with Gasteiger partial charge in [-0.05, 0) is 89.9 Å². The Kier molecular flexibility index (Phi) is 50.8. The first-order chi connectivity index (χ1) is 35.6. The van der Waals surface area contributed by atoms with Gasteiger partial charge in [-0.2, -0.15) is 0 Å². The van der Waals surface area contributed by atoms with Crippen LogP contribution in [0.1, 0.15) is 206 Å². The zero-order chi connectivity index (χ0) is 53.4. The molecule has 0 aliphatic heterocycles. The predicted octanol–water partition coefficient (Wildman–Crippen LogP) is 15.6. The summed E-state index contributed by atoms with van der Waals surface area (Å²) in [6, 6.07) is 0. The van der Waals surface area contributed by atoms with Crippen LogP contribution < -0.4 is 5.11 Å². The lowest BCUT2D eigenvalue weighted by molar-refractivity contribution is -0.870. The van der Waals surface area contributed by atoms with Crippen molar-refractivity contribution in [1.82, 2.24) is 0 Å². The Morgan fingerprint density at radius 2 is 0.781 bits per heavy atom. The SMILES string of the molecule is CC/C=C\C/C=C\C/C=C\C/C=C\C/C=C\C/C=C\C/C=C\C/C=C\C/C=C\C/C=C\CCCCCCC(=O)OC(COC(=O)CCCCCCCCCCCCCCC)COC(OCC[N+](C)(C)C)C(=O)[O-]. The van der Waals surface area contributed by atoms with E-state index in [1.807, 2.05) is 21.1 Å². The van der Waals surface area contributed by atoms with Crippen LogP contribution in [0.5, 0.6) is 0 Å². The number of unbranched alkanes of at least 4 members (excludes halogenated alkanes) is 16. The van der Waals surface area contributed by atoms with E-state index in [2.05, 4.69) is 135 Å². The van der Waals surface area contributed by atoms with Crippen molar-refractivity contribution in [2.75, 3.05) is 47.5 Å². The van der Waals surface area contributed by atoms with E-state index < -0.39 is 24.3 Å². The number of hydrogen-bond donors (Lipinski definition) is 0. The van der Waals surface area contributed by atoms with E-state index in [-0.39, 0.29) is 38.6 Å². The highest BCUT2D eigenvalue weighted by atomic mass is 16.7. The minimum Gasteiger partial charge on any atom is -0.545 e. The second kappa shape index (κ2) is 54.0. The molecule has 0 aliphatic rings. The number of esters is 2. The largest absolute Gasteiger partial charge is 0.545 e. The molecule has 0 radical (unpaired) electrons. The number of carbonyl (C=O) groups is 3. The molecule has 2 atom stereocenters. The van der Waals surface area contributed by atoms with E-state index in [4.69, 9.17) is 18.9 Å². The Morgan fingerprint density at radius 1 is 0.425 bits per heavy atom. The summed E-state index contributed by atoms with van der Waals surface area (Å²) in [4.78, 5) is 37.2. The smallest absolute Gasteiger partial charge is 0.306 e. The third kappa shape index (κ3) is 55.3. The summed E-state index contributed by atoms with van der Waals surface area (Å²) in [5.74, 6) is -2.33. The van der Waals surface area contributed by atoms with Crippen LogP contribution in [-0.2, 0) is 33.3 Å². The number of carbonyl (C=O) groups excluding carboxylic acids is 3. The molecule has 0 bridgehead atoms. The maximum atomic E-state index is 12.8. The molecule has 0 spiro atoms.